The van der Waals surface area contributed by atoms with Gasteiger partial charge in [0, 0.05) is 27.4 Å². The third kappa shape index (κ3) is 2.28. The molecule has 25 heavy (non-hydrogen) atoms. The fourth-order valence-electron chi connectivity index (χ4n) is 3.82. The van der Waals surface area contributed by atoms with Crippen LogP contribution in [0.2, 0.25) is 0 Å². The first-order chi connectivity index (χ1) is 12.2. The lowest BCUT2D eigenvalue weighted by molar-refractivity contribution is 1.22. The van der Waals surface area contributed by atoms with Crippen LogP contribution in [0.25, 0.3) is 32.3 Å². The Morgan fingerprint density at radius 1 is 0.640 bits per heavy atom. The van der Waals surface area contributed by atoms with Crippen LogP contribution >= 0.6 is 22.6 Å². The Morgan fingerprint density at radius 3 is 1.96 bits per heavy atom. The van der Waals surface area contributed by atoms with Crippen LogP contribution in [0.15, 0.2) is 78.9 Å². The zero-order valence-corrected chi connectivity index (χ0v) is 16.0. The van der Waals surface area contributed by atoms with E-state index in [2.05, 4.69) is 113 Å². The Hall–Kier alpha value is -2.33. The Kier molecular flexibility index (Phi) is 3.35. The summed E-state index contributed by atoms with van der Waals surface area (Å²) in [6.45, 7) is 0. The Morgan fingerprint density at radius 2 is 1.24 bits per heavy atom. The van der Waals surface area contributed by atoms with Crippen LogP contribution in [0.1, 0.15) is 0 Å². The van der Waals surface area contributed by atoms with Crippen molar-refractivity contribution in [3.63, 3.8) is 0 Å². The molecule has 0 aliphatic rings. The molecule has 1 nitrogen and oxygen atoms in total. The zero-order chi connectivity index (χ0) is 17.0. The Balaban J connectivity index is 1.83. The van der Waals surface area contributed by atoms with Crippen molar-refractivity contribution in [2.75, 3.05) is 11.9 Å². The fraction of sp³-hybridized carbons (Fsp3) is 0.0435. The minimum Gasteiger partial charge on any atom is -0.344 e. The van der Waals surface area contributed by atoms with E-state index >= 15 is 0 Å². The number of halogens is 1. The highest BCUT2D eigenvalue weighted by Gasteiger charge is 2.13. The van der Waals surface area contributed by atoms with Gasteiger partial charge in [0.2, 0.25) is 0 Å². The SMILES string of the molecule is CN(c1ccc(I)cc1)c1ccc2ccc3cccc4ccc1c2c34. The van der Waals surface area contributed by atoms with Gasteiger partial charge in [-0.3, -0.25) is 0 Å². The molecule has 0 aliphatic heterocycles. The Labute approximate surface area is 160 Å². The van der Waals surface area contributed by atoms with Gasteiger partial charge in [-0.25, -0.2) is 0 Å². The van der Waals surface area contributed by atoms with Gasteiger partial charge in [0.25, 0.3) is 0 Å². The predicted octanol–water partition coefficient (Wildman–Crippen LogP) is 6.96. The molecule has 0 heterocycles. The number of hydrogen-bond acceptors (Lipinski definition) is 1. The van der Waals surface area contributed by atoms with Gasteiger partial charge in [-0.1, -0.05) is 48.5 Å². The summed E-state index contributed by atoms with van der Waals surface area (Å²) >= 11 is 2.35. The van der Waals surface area contributed by atoms with Crippen molar-refractivity contribution in [1.82, 2.24) is 0 Å². The van der Waals surface area contributed by atoms with Gasteiger partial charge in [0.05, 0.1) is 0 Å². The molecular weight excluding hydrogens is 417 g/mol. The molecule has 0 radical (unpaired) electrons. The monoisotopic (exact) mass is 433 g/mol. The average molecular weight is 433 g/mol. The first-order valence-corrected chi connectivity index (χ1v) is 9.46. The van der Waals surface area contributed by atoms with Crippen molar-refractivity contribution in [3.05, 3.63) is 82.4 Å². The van der Waals surface area contributed by atoms with E-state index in [1.165, 1.54) is 47.3 Å². The van der Waals surface area contributed by atoms with Crippen LogP contribution in [0.5, 0.6) is 0 Å². The van der Waals surface area contributed by atoms with Crippen molar-refractivity contribution >= 4 is 66.3 Å². The number of nitrogens with zero attached hydrogens (tertiary/aromatic N) is 1. The third-order valence-corrected chi connectivity index (χ3v) is 5.80. The van der Waals surface area contributed by atoms with Crippen LogP contribution in [-0.2, 0) is 0 Å². The molecule has 0 spiro atoms. The number of benzene rings is 5. The first-order valence-electron chi connectivity index (χ1n) is 8.38. The molecule has 0 unspecified atom stereocenters. The summed E-state index contributed by atoms with van der Waals surface area (Å²) in [6, 6.07) is 28.7. The van der Waals surface area contributed by atoms with Crippen molar-refractivity contribution in [2.45, 2.75) is 0 Å². The molecule has 0 bridgehead atoms. The minimum atomic E-state index is 1.20. The van der Waals surface area contributed by atoms with Crippen molar-refractivity contribution in [1.29, 1.82) is 0 Å². The molecule has 0 aliphatic carbocycles. The lowest BCUT2D eigenvalue weighted by Crippen LogP contribution is -2.09. The van der Waals surface area contributed by atoms with Crippen LogP contribution in [0.3, 0.4) is 0 Å². The molecular formula is C23H16IN. The van der Waals surface area contributed by atoms with Gasteiger partial charge in [0.15, 0.2) is 0 Å². The van der Waals surface area contributed by atoms with Crippen molar-refractivity contribution in [2.24, 2.45) is 0 Å². The van der Waals surface area contributed by atoms with Crippen molar-refractivity contribution < 1.29 is 0 Å². The lowest BCUT2D eigenvalue weighted by Gasteiger charge is -2.23. The highest BCUT2D eigenvalue weighted by Crippen LogP contribution is 2.40. The summed E-state index contributed by atoms with van der Waals surface area (Å²) in [5.74, 6) is 0. The summed E-state index contributed by atoms with van der Waals surface area (Å²) in [5.41, 5.74) is 2.45. The standard InChI is InChI=1S/C23H16IN/c1-25(19-11-9-18(24)10-12-19)21-14-8-17-6-5-15-3-2-4-16-7-13-20(21)23(17)22(15)16/h2-14H,1H3. The summed E-state index contributed by atoms with van der Waals surface area (Å²) in [4.78, 5) is 2.28. The fourth-order valence-corrected chi connectivity index (χ4v) is 4.18. The summed E-state index contributed by atoms with van der Waals surface area (Å²) < 4.78 is 1.25. The molecule has 0 amide bonds. The van der Waals surface area contributed by atoms with E-state index in [-0.39, 0.29) is 0 Å². The smallest absolute Gasteiger partial charge is 0.0488 e. The predicted molar refractivity (Wildman–Crippen MR) is 117 cm³/mol. The van der Waals surface area contributed by atoms with Gasteiger partial charge in [-0.15, -0.1) is 0 Å². The van der Waals surface area contributed by atoms with Crippen LogP contribution in [0.4, 0.5) is 11.4 Å². The highest BCUT2D eigenvalue weighted by molar-refractivity contribution is 14.1. The molecule has 120 valence electrons. The number of anilines is 2. The van der Waals surface area contributed by atoms with E-state index in [1.54, 1.807) is 0 Å². The van der Waals surface area contributed by atoms with E-state index in [9.17, 15) is 0 Å². The van der Waals surface area contributed by atoms with E-state index in [4.69, 9.17) is 0 Å². The van der Waals surface area contributed by atoms with Crippen LogP contribution in [-0.4, -0.2) is 7.05 Å². The molecule has 2 heteroatoms. The number of rotatable bonds is 2. The quantitative estimate of drug-likeness (QED) is 0.215. The van der Waals surface area contributed by atoms with Gasteiger partial charge >= 0.3 is 0 Å². The lowest BCUT2D eigenvalue weighted by atomic mass is 9.93. The maximum absolute atomic E-state index is 2.35. The molecule has 0 N–H and O–H groups in total. The molecule has 0 saturated carbocycles. The second-order valence-corrected chi connectivity index (χ2v) is 7.72. The van der Waals surface area contributed by atoms with Gasteiger partial charge < -0.3 is 4.90 Å². The molecule has 0 fully saturated rings. The normalized spacial score (nSPS) is 11.6. The average Bonchev–Trinajstić information content (AvgIpc) is 2.66. The minimum absolute atomic E-state index is 1.20. The second kappa shape index (κ2) is 5.60. The molecule has 0 saturated heterocycles. The summed E-state index contributed by atoms with van der Waals surface area (Å²) in [5, 5.41) is 7.97. The maximum atomic E-state index is 2.35. The molecule has 5 aromatic carbocycles. The largest absolute Gasteiger partial charge is 0.344 e. The van der Waals surface area contributed by atoms with E-state index in [1.807, 2.05) is 0 Å². The maximum Gasteiger partial charge on any atom is 0.0488 e. The molecule has 5 rings (SSSR count). The third-order valence-electron chi connectivity index (χ3n) is 5.08. The zero-order valence-electron chi connectivity index (χ0n) is 13.8. The van der Waals surface area contributed by atoms with Gasteiger partial charge in [0.1, 0.15) is 0 Å². The van der Waals surface area contributed by atoms with E-state index < -0.39 is 0 Å². The van der Waals surface area contributed by atoms with E-state index in [0.717, 1.165) is 0 Å². The van der Waals surface area contributed by atoms with Crippen LogP contribution in [0, 0.1) is 3.57 Å². The topological polar surface area (TPSA) is 3.24 Å². The summed E-state index contributed by atoms with van der Waals surface area (Å²) in [6.07, 6.45) is 0. The molecule has 0 aromatic heterocycles. The van der Waals surface area contributed by atoms with Gasteiger partial charge in [-0.05, 0) is 79.9 Å². The molecule has 5 aromatic rings. The van der Waals surface area contributed by atoms with E-state index in [0.29, 0.717) is 0 Å². The highest BCUT2D eigenvalue weighted by atomic mass is 127. The van der Waals surface area contributed by atoms with Crippen molar-refractivity contribution in [3.8, 4) is 0 Å². The van der Waals surface area contributed by atoms with Crippen LogP contribution < -0.4 is 4.90 Å². The first kappa shape index (κ1) is 15.0. The Bertz CT molecular complexity index is 1190. The van der Waals surface area contributed by atoms with Gasteiger partial charge in [-0.2, -0.15) is 0 Å². The molecule has 0 atom stereocenters. The second-order valence-electron chi connectivity index (χ2n) is 6.48. The number of hydrogen-bond donors (Lipinski definition) is 0. The summed E-state index contributed by atoms with van der Waals surface area (Å²) in [7, 11) is 2.15.